The molecule has 1 atom stereocenters. The van der Waals surface area contributed by atoms with Crippen molar-refractivity contribution >= 4 is 16.0 Å². The molecule has 1 saturated heterocycles. The van der Waals surface area contributed by atoms with E-state index in [0.717, 1.165) is 16.4 Å². The predicted octanol–water partition coefficient (Wildman–Crippen LogP) is 0.693. The fraction of sp³-hybridized carbons (Fsp3) is 0.500. The number of likely N-dealkylation sites (N-methyl/N-ethyl adjacent to an activating group) is 1. The topological polar surface area (TPSA) is 66.9 Å². The Kier molecular flexibility index (Phi) is 5.15. The van der Waals surface area contributed by atoms with Crippen molar-refractivity contribution in [2.75, 3.05) is 33.3 Å². The number of piperazine rings is 1. The Labute approximate surface area is 129 Å². The summed E-state index contributed by atoms with van der Waals surface area (Å²) in [6.45, 7) is 2.81. The van der Waals surface area contributed by atoms with Gasteiger partial charge in [-0.2, -0.15) is 4.31 Å². The van der Waals surface area contributed by atoms with E-state index in [4.69, 9.17) is 4.74 Å². The molecule has 8 heteroatoms. The van der Waals surface area contributed by atoms with Gasteiger partial charge in [-0.25, -0.2) is 12.8 Å². The summed E-state index contributed by atoms with van der Waals surface area (Å²) in [6, 6.07) is 3.68. The van der Waals surface area contributed by atoms with E-state index in [1.54, 1.807) is 6.92 Å². The largest absolute Gasteiger partial charge is 0.465 e. The molecule has 1 heterocycles. The average Bonchev–Trinajstić information content (AvgIpc) is 2.47. The number of halogens is 1. The highest BCUT2D eigenvalue weighted by molar-refractivity contribution is 7.89. The number of esters is 1. The highest BCUT2D eigenvalue weighted by Crippen LogP contribution is 2.22. The molecule has 6 nitrogen and oxygen atoms in total. The summed E-state index contributed by atoms with van der Waals surface area (Å²) in [4.78, 5) is 13.9. The molecule has 0 aliphatic carbocycles. The van der Waals surface area contributed by atoms with Gasteiger partial charge in [0.1, 0.15) is 11.9 Å². The van der Waals surface area contributed by atoms with E-state index in [1.165, 1.54) is 12.1 Å². The lowest BCUT2D eigenvalue weighted by Crippen LogP contribution is -2.57. The minimum atomic E-state index is -3.88. The molecule has 1 aliphatic rings. The maximum Gasteiger partial charge on any atom is 0.325 e. The molecule has 0 bridgehead atoms. The van der Waals surface area contributed by atoms with Crippen molar-refractivity contribution in [1.82, 2.24) is 9.21 Å². The van der Waals surface area contributed by atoms with Gasteiger partial charge in [0, 0.05) is 19.6 Å². The van der Waals surface area contributed by atoms with Gasteiger partial charge in [0.15, 0.2) is 0 Å². The minimum absolute atomic E-state index is 0.0345. The van der Waals surface area contributed by atoms with Crippen molar-refractivity contribution in [3.63, 3.8) is 0 Å². The summed E-state index contributed by atoms with van der Waals surface area (Å²) in [6.07, 6.45) is 0. The van der Waals surface area contributed by atoms with Crippen LogP contribution in [-0.4, -0.2) is 62.9 Å². The van der Waals surface area contributed by atoms with Crippen LogP contribution in [0.1, 0.15) is 6.92 Å². The quantitative estimate of drug-likeness (QED) is 0.760. The number of ether oxygens (including phenoxy) is 1. The molecule has 1 aliphatic heterocycles. The van der Waals surface area contributed by atoms with E-state index in [1.807, 2.05) is 11.9 Å². The van der Waals surface area contributed by atoms with E-state index in [9.17, 15) is 17.6 Å². The van der Waals surface area contributed by atoms with Crippen LogP contribution in [0, 0.1) is 5.82 Å². The van der Waals surface area contributed by atoms with Crippen molar-refractivity contribution in [2.24, 2.45) is 0 Å². The zero-order valence-electron chi connectivity index (χ0n) is 12.5. The van der Waals surface area contributed by atoms with Gasteiger partial charge < -0.3 is 9.64 Å². The monoisotopic (exact) mass is 330 g/mol. The lowest BCUT2D eigenvalue weighted by molar-refractivity contribution is -0.149. The van der Waals surface area contributed by atoms with E-state index >= 15 is 0 Å². The van der Waals surface area contributed by atoms with Gasteiger partial charge >= 0.3 is 5.97 Å². The van der Waals surface area contributed by atoms with Crippen LogP contribution < -0.4 is 0 Å². The van der Waals surface area contributed by atoms with Gasteiger partial charge in [0.25, 0.3) is 0 Å². The van der Waals surface area contributed by atoms with E-state index in [-0.39, 0.29) is 24.6 Å². The highest BCUT2D eigenvalue weighted by atomic mass is 32.2. The van der Waals surface area contributed by atoms with Crippen LogP contribution in [-0.2, 0) is 19.6 Å². The first kappa shape index (κ1) is 16.9. The molecule has 122 valence electrons. The molecule has 0 saturated carbocycles. The summed E-state index contributed by atoms with van der Waals surface area (Å²) in [5.41, 5.74) is 0. The molecular weight excluding hydrogens is 311 g/mol. The average molecular weight is 330 g/mol. The molecule has 0 amide bonds. The Bertz CT molecular complexity index is 633. The van der Waals surface area contributed by atoms with Gasteiger partial charge in [-0.15, -0.1) is 0 Å². The number of nitrogens with zero attached hydrogens (tertiary/aromatic N) is 2. The Morgan fingerprint density at radius 1 is 1.32 bits per heavy atom. The number of sulfonamides is 1. The predicted molar refractivity (Wildman–Crippen MR) is 78.2 cm³/mol. The van der Waals surface area contributed by atoms with Gasteiger partial charge in [0.2, 0.25) is 10.0 Å². The lowest BCUT2D eigenvalue weighted by Gasteiger charge is -2.37. The number of hydrogen-bond acceptors (Lipinski definition) is 5. The number of benzene rings is 1. The first-order valence-electron chi connectivity index (χ1n) is 6.99. The molecule has 1 aromatic carbocycles. The standard InChI is InChI=1S/C14H19FN2O4S/c1-3-21-14(18)13-10-16(2)8-9-17(13)22(19,20)12-6-4-11(15)5-7-12/h4-7,13H,3,8-10H2,1-2H3. The third-order valence-electron chi connectivity index (χ3n) is 3.51. The molecule has 0 N–H and O–H groups in total. The molecular formula is C14H19FN2O4S. The molecule has 0 spiro atoms. The minimum Gasteiger partial charge on any atom is -0.465 e. The zero-order chi connectivity index (χ0) is 16.3. The van der Waals surface area contributed by atoms with Crippen LogP contribution in [0.15, 0.2) is 29.2 Å². The molecule has 1 unspecified atom stereocenters. The first-order valence-corrected chi connectivity index (χ1v) is 8.43. The fourth-order valence-electron chi connectivity index (χ4n) is 2.36. The highest BCUT2D eigenvalue weighted by Gasteiger charge is 2.40. The van der Waals surface area contributed by atoms with Crippen LogP contribution in [0.4, 0.5) is 4.39 Å². The summed E-state index contributed by atoms with van der Waals surface area (Å²) in [7, 11) is -2.06. The maximum absolute atomic E-state index is 13.0. The number of hydrogen-bond donors (Lipinski definition) is 0. The normalized spacial score (nSPS) is 20.8. The third kappa shape index (κ3) is 3.45. The summed E-state index contributed by atoms with van der Waals surface area (Å²) in [5, 5.41) is 0. The van der Waals surface area contributed by atoms with Crippen LogP contribution in [0.3, 0.4) is 0 Å². The number of rotatable bonds is 4. The van der Waals surface area contributed by atoms with Crippen molar-refractivity contribution in [3.8, 4) is 0 Å². The second-order valence-corrected chi connectivity index (χ2v) is 6.99. The molecule has 0 aromatic heterocycles. The van der Waals surface area contributed by atoms with Crippen LogP contribution in [0.5, 0.6) is 0 Å². The Balaban J connectivity index is 2.33. The zero-order valence-corrected chi connectivity index (χ0v) is 13.3. The Hall–Kier alpha value is -1.51. The van der Waals surface area contributed by atoms with Crippen LogP contribution in [0.25, 0.3) is 0 Å². The number of carbonyl (C=O) groups is 1. The van der Waals surface area contributed by atoms with E-state index in [0.29, 0.717) is 6.54 Å². The van der Waals surface area contributed by atoms with Crippen LogP contribution in [0.2, 0.25) is 0 Å². The van der Waals surface area contributed by atoms with Gasteiger partial charge in [0.05, 0.1) is 11.5 Å². The Morgan fingerprint density at radius 2 is 1.95 bits per heavy atom. The van der Waals surface area contributed by atoms with Crippen molar-refractivity contribution < 1.29 is 22.3 Å². The van der Waals surface area contributed by atoms with Crippen molar-refractivity contribution in [3.05, 3.63) is 30.1 Å². The van der Waals surface area contributed by atoms with E-state index in [2.05, 4.69) is 0 Å². The van der Waals surface area contributed by atoms with Gasteiger partial charge in [-0.3, -0.25) is 4.79 Å². The summed E-state index contributed by atoms with van der Waals surface area (Å²) < 4.78 is 44.5. The second-order valence-electron chi connectivity index (χ2n) is 5.10. The Morgan fingerprint density at radius 3 is 2.55 bits per heavy atom. The molecule has 0 radical (unpaired) electrons. The molecule has 1 aromatic rings. The van der Waals surface area contributed by atoms with Gasteiger partial charge in [-0.1, -0.05) is 0 Å². The second kappa shape index (κ2) is 6.72. The van der Waals surface area contributed by atoms with Crippen molar-refractivity contribution in [1.29, 1.82) is 0 Å². The lowest BCUT2D eigenvalue weighted by atomic mass is 10.2. The number of carbonyl (C=O) groups excluding carboxylic acids is 1. The van der Waals surface area contributed by atoms with Crippen LogP contribution >= 0.6 is 0 Å². The molecule has 1 fully saturated rings. The van der Waals surface area contributed by atoms with Crippen molar-refractivity contribution in [2.45, 2.75) is 17.9 Å². The first-order chi connectivity index (χ1) is 10.4. The smallest absolute Gasteiger partial charge is 0.325 e. The summed E-state index contributed by atoms with van der Waals surface area (Å²) in [5.74, 6) is -1.08. The van der Waals surface area contributed by atoms with Gasteiger partial charge in [-0.05, 0) is 38.2 Å². The fourth-order valence-corrected chi connectivity index (χ4v) is 3.92. The molecule has 2 rings (SSSR count). The SMILES string of the molecule is CCOC(=O)C1CN(C)CCN1S(=O)(=O)c1ccc(F)cc1. The maximum atomic E-state index is 13.0. The molecule has 22 heavy (non-hydrogen) atoms. The third-order valence-corrected chi connectivity index (χ3v) is 5.44. The summed E-state index contributed by atoms with van der Waals surface area (Å²) >= 11 is 0. The van der Waals surface area contributed by atoms with E-state index < -0.39 is 27.9 Å².